The maximum Gasteiger partial charge on any atom is 0.307 e. The molecule has 1 N–H and O–H groups in total. The Morgan fingerprint density at radius 3 is 2.63 bits per heavy atom. The van der Waals surface area contributed by atoms with Crippen LogP contribution in [0.15, 0.2) is 88.4 Å². The summed E-state index contributed by atoms with van der Waals surface area (Å²) in [6.07, 6.45) is 1.54. The first-order valence-corrected chi connectivity index (χ1v) is 9.26. The molecule has 0 aliphatic heterocycles. The van der Waals surface area contributed by atoms with Crippen molar-refractivity contribution in [1.82, 2.24) is 5.43 Å². The largest absolute Gasteiger partial charge is 0.489 e. The van der Waals surface area contributed by atoms with Gasteiger partial charge < -0.3 is 9.15 Å². The molecule has 0 radical (unpaired) electrons. The highest BCUT2D eigenvalue weighted by atomic mass is 16.5. The van der Waals surface area contributed by atoms with Crippen LogP contribution in [0.5, 0.6) is 5.75 Å². The fourth-order valence-corrected chi connectivity index (χ4v) is 2.88. The van der Waals surface area contributed by atoms with Gasteiger partial charge in [-0.25, -0.2) is 5.43 Å². The van der Waals surface area contributed by atoms with Crippen molar-refractivity contribution in [3.63, 3.8) is 0 Å². The van der Waals surface area contributed by atoms with Crippen LogP contribution in [0, 0.1) is 11.3 Å². The lowest BCUT2D eigenvalue weighted by molar-refractivity contribution is 0.0929. The van der Waals surface area contributed by atoms with E-state index in [0.29, 0.717) is 23.5 Å². The summed E-state index contributed by atoms with van der Waals surface area (Å²) in [5, 5.41) is 14.0. The van der Waals surface area contributed by atoms with Gasteiger partial charge in [0.25, 0.3) is 0 Å². The first-order valence-electron chi connectivity index (χ1n) is 9.26. The van der Waals surface area contributed by atoms with Crippen LogP contribution >= 0.6 is 0 Å². The van der Waals surface area contributed by atoms with Gasteiger partial charge in [0, 0.05) is 10.9 Å². The van der Waals surface area contributed by atoms with Gasteiger partial charge in [-0.05, 0) is 48.0 Å². The van der Waals surface area contributed by atoms with E-state index in [1.807, 2.05) is 48.5 Å². The lowest BCUT2D eigenvalue weighted by Crippen LogP contribution is -2.16. The van der Waals surface area contributed by atoms with Gasteiger partial charge in [0.1, 0.15) is 17.9 Å². The number of rotatable bonds is 6. The highest BCUT2D eigenvalue weighted by molar-refractivity contribution is 5.96. The van der Waals surface area contributed by atoms with Crippen molar-refractivity contribution in [2.24, 2.45) is 5.10 Å². The third-order valence-electron chi connectivity index (χ3n) is 4.44. The van der Waals surface area contributed by atoms with Crippen molar-refractivity contribution in [3.8, 4) is 11.8 Å². The summed E-state index contributed by atoms with van der Waals surface area (Å²) in [7, 11) is 0. The standard InChI is InChI=1S/C24H17N3O3/c25-14-19-6-1-2-7-20(19)16-29-21-11-9-17(10-12-21)15-26-27-24(28)23-13-18-5-3-4-8-22(18)30-23/h1-13,15H,16H2,(H,27,28). The molecule has 0 saturated heterocycles. The van der Waals surface area contributed by atoms with E-state index in [-0.39, 0.29) is 5.76 Å². The molecule has 1 amide bonds. The minimum Gasteiger partial charge on any atom is -0.489 e. The molecule has 4 aromatic rings. The van der Waals surface area contributed by atoms with Crippen LogP contribution < -0.4 is 10.2 Å². The Morgan fingerprint density at radius 1 is 1.07 bits per heavy atom. The summed E-state index contributed by atoms with van der Waals surface area (Å²) in [6.45, 7) is 0.310. The van der Waals surface area contributed by atoms with Gasteiger partial charge in [-0.3, -0.25) is 4.79 Å². The predicted octanol–water partition coefficient (Wildman–Crippen LogP) is 4.65. The Bertz CT molecular complexity index is 1220. The van der Waals surface area contributed by atoms with Gasteiger partial charge >= 0.3 is 5.91 Å². The van der Waals surface area contributed by atoms with Crippen LogP contribution in [0.25, 0.3) is 11.0 Å². The number of nitriles is 1. The quantitative estimate of drug-likeness (QED) is 0.380. The summed E-state index contributed by atoms with van der Waals surface area (Å²) in [6, 6.07) is 25.8. The van der Waals surface area contributed by atoms with Gasteiger partial charge in [-0.2, -0.15) is 10.4 Å². The second-order valence-corrected chi connectivity index (χ2v) is 6.47. The number of para-hydroxylation sites is 1. The molecule has 0 saturated carbocycles. The minimum atomic E-state index is -0.418. The molecule has 0 unspecified atom stereocenters. The Balaban J connectivity index is 1.33. The third kappa shape index (κ3) is 4.37. The molecule has 3 aromatic carbocycles. The van der Waals surface area contributed by atoms with Gasteiger partial charge in [0.05, 0.1) is 17.8 Å². The van der Waals surface area contributed by atoms with E-state index in [2.05, 4.69) is 16.6 Å². The minimum absolute atomic E-state index is 0.203. The highest BCUT2D eigenvalue weighted by Crippen LogP contribution is 2.18. The molecule has 0 aliphatic rings. The average Bonchev–Trinajstić information content (AvgIpc) is 3.23. The monoisotopic (exact) mass is 395 g/mol. The summed E-state index contributed by atoms with van der Waals surface area (Å²) < 4.78 is 11.2. The average molecular weight is 395 g/mol. The Kier molecular flexibility index (Phi) is 5.54. The molecule has 1 heterocycles. The fourth-order valence-electron chi connectivity index (χ4n) is 2.88. The highest BCUT2D eigenvalue weighted by Gasteiger charge is 2.10. The molecule has 0 fully saturated rings. The molecule has 1 aromatic heterocycles. The van der Waals surface area contributed by atoms with E-state index in [0.717, 1.165) is 16.5 Å². The number of hydrazone groups is 1. The Hall–Kier alpha value is -4.37. The molecule has 146 valence electrons. The van der Waals surface area contributed by atoms with E-state index in [1.54, 1.807) is 30.3 Å². The number of furan rings is 1. The van der Waals surface area contributed by atoms with Crippen molar-refractivity contribution < 1.29 is 13.9 Å². The number of carbonyl (C=O) groups excluding carboxylic acids is 1. The van der Waals surface area contributed by atoms with Crippen molar-refractivity contribution in [3.05, 3.63) is 101 Å². The zero-order valence-corrected chi connectivity index (χ0v) is 15.9. The lowest BCUT2D eigenvalue weighted by atomic mass is 10.1. The van der Waals surface area contributed by atoms with Crippen LogP contribution in [0.3, 0.4) is 0 Å². The van der Waals surface area contributed by atoms with E-state index in [4.69, 9.17) is 14.4 Å². The normalized spacial score (nSPS) is 10.8. The number of amides is 1. The van der Waals surface area contributed by atoms with Crippen molar-refractivity contribution in [1.29, 1.82) is 5.26 Å². The van der Waals surface area contributed by atoms with E-state index >= 15 is 0 Å². The SMILES string of the molecule is N#Cc1ccccc1COc1ccc(C=NNC(=O)c2cc3ccccc3o2)cc1. The van der Waals surface area contributed by atoms with E-state index < -0.39 is 5.91 Å². The summed E-state index contributed by atoms with van der Waals surface area (Å²) >= 11 is 0. The first-order chi connectivity index (χ1) is 14.7. The summed E-state index contributed by atoms with van der Waals surface area (Å²) in [4.78, 5) is 12.2. The van der Waals surface area contributed by atoms with Crippen molar-refractivity contribution in [2.75, 3.05) is 0 Å². The van der Waals surface area contributed by atoms with E-state index in [1.165, 1.54) is 6.21 Å². The Labute approximate surface area is 173 Å². The number of carbonyl (C=O) groups is 1. The molecule has 0 atom stereocenters. The zero-order chi connectivity index (χ0) is 20.8. The van der Waals surface area contributed by atoms with Gasteiger partial charge in [0.15, 0.2) is 5.76 Å². The number of ether oxygens (including phenoxy) is 1. The molecular weight excluding hydrogens is 378 g/mol. The molecule has 6 heteroatoms. The number of nitrogens with zero attached hydrogens (tertiary/aromatic N) is 2. The lowest BCUT2D eigenvalue weighted by Gasteiger charge is -2.07. The molecule has 0 aliphatic carbocycles. The van der Waals surface area contributed by atoms with Crippen LogP contribution in [-0.2, 0) is 6.61 Å². The number of fused-ring (bicyclic) bond motifs is 1. The third-order valence-corrected chi connectivity index (χ3v) is 4.44. The molecule has 0 spiro atoms. The molecular formula is C24H17N3O3. The van der Waals surface area contributed by atoms with Gasteiger partial charge in [0.2, 0.25) is 0 Å². The number of hydrogen-bond acceptors (Lipinski definition) is 5. The number of nitrogens with one attached hydrogen (secondary N) is 1. The van der Waals surface area contributed by atoms with Crippen molar-refractivity contribution in [2.45, 2.75) is 6.61 Å². The smallest absolute Gasteiger partial charge is 0.307 e. The second-order valence-electron chi connectivity index (χ2n) is 6.47. The number of benzene rings is 3. The molecule has 30 heavy (non-hydrogen) atoms. The summed E-state index contributed by atoms with van der Waals surface area (Å²) in [5.41, 5.74) is 5.34. The number of hydrogen-bond donors (Lipinski definition) is 1. The van der Waals surface area contributed by atoms with Crippen LogP contribution in [0.2, 0.25) is 0 Å². The first kappa shape index (κ1) is 19.0. The van der Waals surface area contributed by atoms with Crippen LogP contribution in [-0.4, -0.2) is 12.1 Å². The van der Waals surface area contributed by atoms with Crippen molar-refractivity contribution >= 4 is 23.1 Å². The molecule has 0 bridgehead atoms. The molecule has 6 nitrogen and oxygen atoms in total. The second kappa shape index (κ2) is 8.76. The zero-order valence-electron chi connectivity index (χ0n) is 15.9. The topological polar surface area (TPSA) is 87.6 Å². The Morgan fingerprint density at radius 2 is 1.83 bits per heavy atom. The van der Waals surface area contributed by atoms with Gasteiger partial charge in [-0.1, -0.05) is 36.4 Å². The predicted molar refractivity (Wildman–Crippen MR) is 113 cm³/mol. The summed E-state index contributed by atoms with van der Waals surface area (Å²) in [5.74, 6) is 0.458. The van der Waals surface area contributed by atoms with Gasteiger partial charge in [-0.15, -0.1) is 0 Å². The molecule has 4 rings (SSSR count). The van der Waals surface area contributed by atoms with E-state index in [9.17, 15) is 4.79 Å². The maximum absolute atomic E-state index is 12.2. The van der Waals surface area contributed by atoms with Crippen LogP contribution in [0.4, 0.5) is 0 Å². The fraction of sp³-hybridized carbons (Fsp3) is 0.0417. The maximum atomic E-state index is 12.2. The van der Waals surface area contributed by atoms with Crippen LogP contribution in [0.1, 0.15) is 27.2 Å².